The van der Waals surface area contributed by atoms with Gasteiger partial charge in [0.25, 0.3) is 5.91 Å². The van der Waals surface area contributed by atoms with Gasteiger partial charge >= 0.3 is 6.03 Å². The highest BCUT2D eigenvalue weighted by molar-refractivity contribution is 8.13. The van der Waals surface area contributed by atoms with Crippen molar-refractivity contribution in [2.45, 2.75) is 78.8 Å². The maximum Gasteiger partial charge on any atom is 0.325 e. The van der Waals surface area contributed by atoms with Crippen molar-refractivity contribution in [3.8, 4) is 0 Å². The van der Waals surface area contributed by atoms with Gasteiger partial charge in [0.1, 0.15) is 22.5 Å². The largest absolute Gasteiger partial charge is 0.368 e. The highest BCUT2D eigenvalue weighted by Gasteiger charge is 2.41. The molecule has 3 aliphatic heterocycles. The summed E-state index contributed by atoms with van der Waals surface area (Å²) in [6, 6.07) is 3.77. The third kappa shape index (κ3) is 7.00. The Labute approximate surface area is 243 Å². The third-order valence-corrected chi connectivity index (χ3v) is 8.67. The average molecular weight is 568 g/mol. The van der Waals surface area contributed by atoms with E-state index in [0.29, 0.717) is 47.1 Å². The Morgan fingerprint density at radius 3 is 2.65 bits per heavy atom. The van der Waals surface area contributed by atoms with E-state index in [2.05, 4.69) is 74.6 Å². The molecule has 0 radical (unpaired) electrons. The summed E-state index contributed by atoms with van der Waals surface area (Å²) in [5, 5.41) is 3.90. The van der Waals surface area contributed by atoms with Gasteiger partial charge in [0.05, 0.1) is 5.56 Å². The molecule has 4 rings (SSSR count). The summed E-state index contributed by atoms with van der Waals surface area (Å²) >= 11 is 1.10. The maximum atomic E-state index is 13.5. The van der Waals surface area contributed by atoms with Gasteiger partial charge in [-0.25, -0.2) is 14.8 Å². The molecule has 2 bridgehead atoms. The van der Waals surface area contributed by atoms with E-state index in [4.69, 9.17) is 4.98 Å². The van der Waals surface area contributed by atoms with Crippen LogP contribution in [0.4, 0.5) is 16.4 Å². The van der Waals surface area contributed by atoms with E-state index < -0.39 is 0 Å². The summed E-state index contributed by atoms with van der Waals surface area (Å²) in [6.07, 6.45) is 5.53. The third-order valence-electron chi connectivity index (χ3n) is 7.91. The van der Waals surface area contributed by atoms with Crippen LogP contribution >= 0.6 is 11.9 Å². The van der Waals surface area contributed by atoms with Crippen LogP contribution in [0.5, 0.6) is 0 Å². The summed E-state index contributed by atoms with van der Waals surface area (Å²) < 4.78 is 2.91. The van der Waals surface area contributed by atoms with Crippen LogP contribution in [0.1, 0.15) is 77.6 Å². The molecule has 2 N–H and O–H groups in total. The quantitative estimate of drug-likeness (QED) is 0.462. The van der Waals surface area contributed by atoms with Gasteiger partial charge in [-0.2, -0.15) is 0 Å². The second-order valence-corrected chi connectivity index (χ2v) is 13.8. The molecule has 3 aliphatic rings. The SMILES string of the molecule is C=C/C1=N\C(=C)NC(C)CCC2CN(c3nc(N4CCN(CCC(C)(C)C)C4=O)ccc3C(=O)NS1)C(C)(C)C2. The minimum atomic E-state index is -0.269. The van der Waals surface area contributed by atoms with E-state index in [1.54, 1.807) is 23.1 Å². The number of nitrogens with one attached hydrogen (secondary N) is 2. The molecule has 2 atom stereocenters. The fraction of sp³-hybridized carbons (Fsp3) is 0.600. The Hall–Kier alpha value is -3.01. The van der Waals surface area contributed by atoms with Gasteiger partial charge in [0.15, 0.2) is 0 Å². The molecule has 2 unspecified atom stereocenters. The first-order valence-corrected chi connectivity index (χ1v) is 15.1. The van der Waals surface area contributed by atoms with Gasteiger partial charge in [-0.1, -0.05) is 33.9 Å². The zero-order valence-electron chi connectivity index (χ0n) is 24.9. The fourth-order valence-corrected chi connectivity index (χ4v) is 6.22. The molecule has 40 heavy (non-hydrogen) atoms. The number of carbonyl (C=O) groups is 2. The molecule has 0 aromatic carbocycles. The van der Waals surface area contributed by atoms with E-state index in [9.17, 15) is 9.59 Å². The molecule has 0 saturated carbocycles. The topological polar surface area (TPSA) is 93.2 Å². The Morgan fingerprint density at radius 2 is 1.95 bits per heavy atom. The molecule has 1 aromatic heterocycles. The molecule has 2 fully saturated rings. The first kappa shape index (κ1) is 30.0. The Kier molecular flexibility index (Phi) is 8.87. The summed E-state index contributed by atoms with van der Waals surface area (Å²) in [4.78, 5) is 42.3. The number of hydrogen-bond acceptors (Lipinski definition) is 7. The van der Waals surface area contributed by atoms with Gasteiger partial charge in [-0.15, -0.1) is 0 Å². The van der Waals surface area contributed by atoms with E-state index in [0.717, 1.165) is 50.7 Å². The van der Waals surface area contributed by atoms with Crippen molar-refractivity contribution >= 4 is 40.6 Å². The summed E-state index contributed by atoms with van der Waals surface area (Å²) in [5.74, 6) is 1.93. The van der Waals surface area contributed by atoms with Crippen molar-refractivity contribution in [3.05, 3.63) is 42.8 Å². The lowest BCUT2D eigenvalue weighted by atomic mass is 9.92. The number of hydrogen-bond donors (Lipinski definition) is 2. The molecule has 3 amide bonds. The summed E-state index contributed by atoms with van der Waals surface area (Å²) in [7, 11) is 0. The molecule has 0 aliphatic carbocycles. The van der Waals surface area contributed by atoms with Crippen molar-refractivity contribution in [2.75, 3.05) is 36.0 Å². The smallest absolute Gasteiger partial charge is 0.325 e. The minimum absolute atomic E-state index is 0.0269. The van der Waals surface area contributed by atoms with Crippen LogP contribution < -0.4 is 19.8 Å². The first-order chi connectivity index (χ1) is 18.8. The monoisotopic (exact) mass is 567 g/mol. The van der Waals surface area contributed by atoms with Gasteiger partial charge in [0, 0.05) is 49.7 Å². The normalized spacial score (nSPS) is 25.4. The van der Waals surface area contributed by atoms with E-state index >= 15 is 0 Å². The number of anilines is 2. The van der Waals surface area contributed by atoms with Crippen LogP contribution in [0.15, 0.2) is 42.2 Å². The Balaban J connectivity index is 1.68. The van der Waals surface area contributed by atoms with Crippen LogP contribution in [0.2, 0.25) is 0 Å². The lowest BCUT2D eigenvalue weighted by Crippen LogP contribution is -2.41. The van der Waals surface area contributed by atoms with E-state index in [1.165, 1.54) is 0 Å². The first-order valence-electron chi connectivity index (χ1n) is 14.3. The fourth-order valence-electron chi connectivity index (χ4n) is 5.67. The molecule has 218 valence electrons. The van der Waals surface area contributed by atoms with Crippen molar-refractivity contribution in [3.63, 3.8) is 0 Å². The van der Waals surface area contributed by atoms with Crippen LogP contribution in [-0.4, -0.2) is 64.6 Å². The molecular formula is C30H45N7O2S. The number of carbonyl (C=O) groups excluding carboxylic acids is 2. The molecular weight excluding hydrogens is 522 g/mol. The van der Waals surface area contributed by atoms with Crippen molar-refractivity contribution in [1.82, 2.24) is 19.9 Å². The number of amides is 3. The Morgan fingerprint density at radius 1 is 1.20 bits per heavy atom. The van der Waals surface area contributed by atoms with Crippen LogP contribution in [-0.2, 0) is 0 Å². The number of aliphatic imine (C=N–C) groups is 1. The predicted octanol–water partition coefficient (Wildman–Crippen LogP) is 5.57. The van der Waals surface area contributed by atoms with Crippen LogP contribution in [0.3, 0.4) is 0 Å². The number of aromatic nitrogens is 1. The molecule has 2 saturated heterocycles. The average Bonchev–Trinajstić information content (AvgIpc) is 3.40. The molecule has 1 aromatic rings. The number of pyridine rings is 1. The predicted molar refractivity (Wildman–Crippen MR) is 166 cm³/mol. The highest BCUT2D eigenvalue weighted by atomic mass is 32.2. The lowest BCUT2D eigenvalue weighted by Gasteiger charge is -2.34. The number of fused-ring (bicyclic) bond motifs is 4. The van der Waals surface area contributed by atoms with Gasteiger partial charge in [-0.3, -0.25) is 14.4 Å². The summed E-state index contributed by atoms with van der Waals surface area (Å²) in [5.41, 5.74) is 0.433. The standard InChI is InChI=1S/C30H45N7O2S/c1-9-25-32-21(3)31-20(2)10-11-22-18-30(7,8)37(19-22)26-23(27(38)34-40-25)12-13-24(33-26)36-17-16-35(28(36)39)15-14-29(4,5)6/h9,12-13,20,22,31H,1,3,10-11,14-19H2,2,4-8H3,(H,34,38)/b32-25+. The zero-order chi connectivity index (χ0) is 29.2. The summed E-state index contributed by atoms with van der Waals surface area (Å²) in [6.45, 7) is 23.8. The minimum Gasteiger partial charge on any atom is -0.368 e. The Bertz CT molecular complexity index is 1190. The van der Waals surface area contributed by atoms with Crippen LogP contribution in [0, 0.1) is 11.3 Å². The van der Waals surface area contributed by atoms with Crippen molar-refractivity contribution in [2.24, 2.45) is 16.3 Å². The van der Waals surface area contributed by atoms with Gasteiger partial charge in [-0.05, 0) is 76.0 Å². The maximum absolute atomic E-state index is 13.5. The van der Waals surface area contributed by atoms with E-state index in [-0.39, 0.29) is 28.9 Å². The molecule has 10 heteroatoms. The number of nitrogens with zero attached hydrogens (tertiary/aromatic N) is 5. The van der Waals surface area contributed by atoms with Crippen molar-refractivity contribution in [1.29, 1.82) is 0 Å². The number of rotatable bonds is 4. The van der Waals surface area contributed by atoms with Crippen LogP contribution in [0.25, 0.3) is 0 Å². The molecule has 4 heterocycles. The number of urea groups is 1. The van der Waals surface area contributed by atoms with E-state index in [1.807, 2.05) is 4.90 Å². The van der Waals surface area contributed by atoms with Gasteiger partial charge < -0.3 is 15.1 Å². The second-order valence-electron chi connectivity index (χ2n) is 13.0. The van der Waals surface area contributed by atoms with Crippen molar-refractivity contribution < 1.29 is 9.59 Å². The second kappa shape index (κ2) is 11.8. The van der Waals surface area contributed by atoms with Gasteiger partial charge in [0.2, 0.25) is 0 Å². The lowest BCUT2D eigenvalue weighted by molar-refractivity contribution is 0.0984. The highest BCUT2D eigenvalue weighted by Crippen LogP contribution is 2.40. The molecule has 9 nitrogen and oxygen atoms in total. The zero-order valence-corrected chi connectivity index (χ0v) is 25.7. The molecule has 0 spiro atoms.